The molecule has 1 aromatic rings. The number of carbonyl (C=O) groups excluding carboxylic acids is 1. The van der Waals surface area contributed by atoms with E-state index in [-0.39, 0.29) is 5.91 Å². The normalized spacial score (nSPS) is 17.8. The van der Waals surface area contributed by atoms with Crippen molar-refractivity contribution in [2.24, 2.45) is 5.41 Å². The summed E-state index contributed by atoms with van der Waals surface area (Å²) < 4.78 is 0. The van der Waals surface area contributed by atoms with Gasteiger partial charge < -0.3 is 10.2 Å². The quantitative estimate of drug-likeness (QED) is 0.740. The third-order valence-corrected chi connectivity index (χ3v) is 3.09. The van der Waals surface area contributed by atoms with Gasteiger partial charge in [0.25, 0.3) is 0 Å². The Labute approximate surface area is 101 Å². The van der Waals surface area contributed by atoms with Crippen LogP contribution in [0.1, 0.15) is 19.4 Å². The zero-order valence-corrected chi connectivity index (χ0v) is 10.2. The Balaban J connectivity index is 2.51. The Morgan fingerprint density at radius 2 is 2.18 bits per heavy atom. The minimum atomic E-state index is -0.444. The fourth-order valence-corrected chi connectivity index (χ4v) is 1.99. The molecule has 1 amide bonds. The zero-order valence-electron chi connectivity index (χ0n) is 10.2. The largest absolute Gasteiger partial charge is 0.382 e. The molecule has 4 heteroatoms. The summed E-state index contributed by atoms with van der Waals surface area (Å²) in [5.41, 5.74) is 1.81. The van der Waals surface area contributed by atoms with Crippen molar-refractivity contribution < 1.29 is 4.79 Å². The molecule has 1 heterocycles. The number of carbonyl (C=O) groups is 1. The minimum Gasteiger partial charge on any atom is -0.382 e. The number of nitrogens with zero attached hydrogens (tertiary/aromatic N) is 2. The van der Waals surface area contributed by atoms with Crippen LogP contribution in [0.3, 0.4) is 0 Å². The first kappa shape index (κ1) is 11.5. The van der Waals surface area contributed by atoms with E-state index in [4.69, 9.17) is 5.26 Å². The van der Waals surface area contributed by atoms with Crippen molar-refractivity contribution in [1.82, 2.24) is 0 Å². The summed E-state index contributed by atoms with van der Waals surface area (Å²) in [5.74, 6) is 0.0773. The van der Waals surface area contributed by atoms with Gasteiger partial charge in [-0.3, -0.25) is 4.79 Å². The molecule has 0 unspecified atom stereocenters. The van der Waals surface area contributed by atoms with E-state index in [1.807, 2.05) is 13.8 Å². The average Bonchev–Trinajstić information content (AvgIpc) is 2.41. The highest BCUT2D eigenvalue weighted by Crippen LogP contribution is 2.33. The van der Waals surface area contributed by atoms with Gasteiger partial charge in [-0.15, -0.1) is 0 Å². The fraction of sp³-hybridized carbons (Fsp3) is 0.385. The maximum absolute atomic E-state index is 12.2. The molecule has 1 aromatic carbocycles. The molecular formula is C13H15N3O. The number of hydrogen-bond donors (Lipinski definition) is 1. The van der Waals surface area contributed by atoms with Crippen LogP contribution >= 0.6 is 0 Å². The molecule has 2 rings (SSSR count). The van der Waals surface area contributed by atoms with E-state index in [2.05, 4.69) is 11.4 Å². The molecule has 0 radical (unpaired) electrons. The Kier molecular flexibility index (Phi) is 2.55. The Morgan fingerprint density at radius 3 is 2.82 bits per heavy atom. The summed E-state index contributed by atoms with van der Waals surface area (Å²) in [7, 11) is 1.77. The van der Waals surface area contributed by atoms with Crippen molar-refractivity contribution in [3.05, 3.63) is 23.8 Å². The molecule has 0 saturated carbocycles. The lowest BCUT2D eigenvalue weighted by molar-refractivity contribution is -0.125. The van der Waals surface area contributed by atoms with Crippen molar-refractivity contribution in [2.45, 2.75) is 13.8 Å². The molecule has 0 bridgehead atoms. The number of benzene rings is 1. The van der Waals surface area contributed by atoms with E-state index in [1.165, 1.54) is 0 Å². The highest BCUT2D eigenvalue weighted by molar-refractivity contribution is 6.01. The van der Waals surface area contributed by atoms with Gasteiger partial charge in [0.15, 0.2) is 0 Å². The van der Waals surface area contributed by atoms with Crippen molar-refractivity contribution in [3.8, 4) is 6.07 Å². The molecule has 0 spiro atoms. The van der Waals surface area contributed by atoms with Crippen LogP contribution in [0.5, 0.6) is 0 Å². The first-order chi connectivity index (χ1) is 7.95. The third kappa shape index (κ3) is 1.84. The van der Waals surface area contributed by atoms with Gasteiger partial charge in [-0.25, -0.2) is 0 Å². The van der Waals surface area contributed by atoms with Gasteiger partial charge in [-0.2, -0.15) is 5.26 Å². The van der Waals surface area contributed by atoms with Gasteiger partial charge in [-0.05, 0) is 32.0 Å². The number of hydrogen-bond acceptors (Lipinski definition) is 3. The van der Waals surface area contributed by atoms with Crippen LogP contribution < -0.4 is 10.2 Å². The van der Waals surface area contributed by atoms with Crippen LogP contribution in [0.15, 0.2) is 18.2 Å². The van der Waals surface area contributed by atoms with E-state index in [1.54, 1.807) is 30.1 Å². The molecule has 0 aromatic heterocycles. The molecule has 1 N–H and O–H groups in total. The number of amides is 1. The van der Waals surface area contributed by atoms with Gasteiger partial charge in [0, 0.05) is 13.6 Å². The minimum absolute atomic E-state index is 0.0773. The van der Waals surface area contributed by atoms with Crippen molar-refractivity contribution in [2.75, 3.05) is 23.8 Å². The van der Waals surface area contributed by atoms with Crippen molar-refractivity contribution >= 4 is 17.3 Å². The van der Waals surface area contributed by atoms with Gasteiger partial charge in [0.05, 0.1) is 28.4 Å². The molecule has 1 aliphatic heterocycles. The lowest BCUT2D eigenvalue weighted by atomic mass is 9.92. The number of nitriles is 1. The molecule has 1 aliphatic rings. The Morgan fingerprint density at radius 1 is 1.47 bits per heavy atom. The zero-order chi connectivity index (χ0) is 12.6. The van der Waals surface area contributed by atoms with Gasteiger partial charge in [0.2, 0.25) is 5.91 Å². The Hall–Kier alpha value is -2.02. The number of nitrogens with one attached hydrogen (secondary N) is 1. The third-order valence-electron chi connectivity index (χ3n) is 3.09. The molecule has 0 saturated heterocycles. The lowest BCUT2D eigenvalue weighted by Crippen LogP contribution is -2.40. The smallest absolute Gasteiger partial charge is 0.234 e. The van der Waals surface area contributed by atoms with Crippen LogP contribution in [0.4, 0.5) is 11.4 Å². The van der Waals surface area contributed by atoms with Crippen LogP contribution in [-0.2, 0) is 4.79 Å². The summed E-state index contributed by atoms with van der Waals surface area (Å²) >= 11 is 0. The number of rotatable bonds is 0. The number of anilines is 2. The van der Waals surface area contributed by atoms with Crippen molar-refractivity contribution in [3.63, 3.8) is 0 Å². The monoisotopic (exact) mass is 229 g/mol. The first-order valence-electron chi connectivity index (χ1n) is 5.52. The summed E-state index contributed by atoms with van der Waals surface area (Å²) in [4.78, 5) is 13.9. The summed E-state index contributed by atoms with van der Waals surface area (Å²) in [6.45, 7) is 4.39. The van der Waals surface area contributed by atoms with E-state index >= 15 is 0 Å². The van der Waals surface area contributed by atoms with Crippen LogP contribution in [0, 0.1) is 16.7 Å². The molecular weight excluding hydrogens is 214 g/mol. The predicted molar refractivity (Wildman–Crippen MR) is 66.8 cm³/mol. The standard InChI is InChI=1S/C13H15N3O/c1-13(2)8-15-10-6-9(7-14)4-5-11(10)16(3)12(13)17/h4-6,15H,8H2,1-3H3. The van der Waals surface area contributed by atoms with Crippen LogP contribution in [-0.4, -0.2) is 19.5 Å². The molecule has 4 nitrogen and oxygen atoms in total. The molecule has 0 aliphatic carbocycles. The van der Waals surface area contributed by atoms with E-state index in [9.17, 15) is 4.79 Å². The maximum atomic E-state index is 12.2. The van der Waals surface area contributed by atoms with Gasteiger partial charge in [-0.1, -0.05) is 0 Å². The fourth-order valence-electron chi connectivity index (χ4n) is 1.99. The van der Waals surface area contributed by atoms with Crippen LogP contribution in [0.25, 0.3) is 0 Å². The van der Waals surface area contributed by atoms with E-state index < -0.39 is 5.41 Å². The predicted octanol–water partition coefficient (Wildman–Crippen LogP) is 1.97. The van der Waals surface area contributed by atoms with Crippen molar-refractivity contribution in [1.29, 1.82) is 5.26 Å². The van der Waals surface area contributed by atoms with Crippen LogP contribution in [0.2, 0.25) is 0 Å². The summed E-state index contributed by atoms with van der Waals surface area (Å²) in [6.07, 6.45) is 0. The summed E-state index contributed by atoms with van der Waals surface area (Å²) in [5, 5.41) is 12.1. The maximum Gasteiger partial charge on any atom is 0.234 e. The van der Waals surface area contributed by atoms with E-state index in [0.717, 1.165) is 11.4 Å². The van der Waals surface area contributed by atoms with Gasteiger partial charge >= 0.3 is 0 Å². The SMILES string of the molecule is CN1C(=O)C(C)(C)CNc2cc(C#N)ccc21. The topological polar surface area (TPSA) is 56.1 Å². The molecule has 0 fully saturated rings. The average molecular weight is 229 g/mol. The van der Waals surface area contributed by atoms with E-state index in [0.29, 0.717) is 12.1 Å². The second kappa shape index (κ2) is 3.77. The first-order valence-corrected chi connectivity index (χ1v) is 5.52. The lowest BCUT2D eigenvalue weighted by Gasteiger charge is -2.25. The molecule has 0 atom stereocenters. The summed E-state index contributed by atoms with van der Waals surface area (Å²) in [6, 6.07) is 7.41. The molecule has 88 valence electrons. The highest BCUT2D eigenvalue weighted by atomic mass is 16.2. The Bertz CT molecular complexity index is 514. The second-order valence-electron chi connectivity index (χ2n) is 4.95. The second-order valence-corrected chi connectivity index (χ2v) is 4.95. The number of fused-ring (bicyclic) bond motifs is 1. The molecule has 17 heavy (non-hydrogen) atoms. The highest BCUT2D eigenvalue weighted by Gasteiger charge is 2.34. The van der Waals surface area contributed by atoms with Gasteiger partial charge in [0.1, 0.15) is 0 Å².